The fourth-order valence-corrected chi connectivity index (χ4v) is 3.02. The first-order valence-electron chi connectivity index (χ1n) is 14.4. The van der Waals surface area contributed by atoms with E-state index >= 15 is 0 Å². The fraction of sp³-hybridized carbons (Fsp3) is 0.893. The van der Waals surface area contributed by atoms with E-state index < -0.39 is 0 Å². The standard InChI is InChI=1S/C28H54N2O9/c1-24(2)8-10-29-28(33)9-12-34-14-16-36-18-20-38-22-23-39-21-19-37-17-15-35-13-11-30-27(32)7-5-6-26(31)25(3)4/h24-25H,5-23H2,1-4H3,(H,29,33)(H,30,32). The summed E-state index contributed by atoms with van der Waals surface area (Å²) < 4.78 is 32.5. The van der Waals surface area contributed by atoms with Crippen LogP contribution >= 0.6 is 0 Å². The van der Waals surface area contributed by atoms with Gasteiger partial charge in [-0.05, 0) is 18.8 Å². The normalized spacial score (nSPS) is 11.3. The summed E-state index contributed by atoms with van der Waals surface area (Å²) in [5, 5.41) is 5.66. The number of nitrogens with one attached hydrogen (secondary N) is 2. The highest BCUT2D eigenvalue weighted by molar-refractivity contribution is 5.81. The maximum absolute atomic E-state index is 11.7. The molecule has 0 aliphatic carbocycles. The summed E-state index contributed by atoms with van der Waals surface area (Å²) in [5.41, 5.74) is 0. The van der Waals surface area contributed by atoms with Gasteiger partial charge < -0.3 is 39.1 Å². The number of carbonyl (C=O) groups excluding carboxylic acids is 3. The lowest BCUT2D eigenvalue weighted by Gasteiger charge is -2.09. The van der Waals surface area contributed by atoms with E-state index in [1.807, 2.05) is 13.8 Å². The number of ketones is 1. The molecule has 0 unspecified atom stereocenters. The van der Waals surface area contributed by atoms with Crippen LogP contribution < -0.4 is 10.6 Å². The van der Waals surface area contributed by atoms with Crippen LogP contribution in [0.25, 0.3) is 0 Å². The highest BCUT2D eigenvalue weighted by atomic mass is 16.6. The van der Waals surface area contributed by atoms with Crippen LogP contribution in [0.5, 0.6) is 0 Å². The van der Waals surface area contributed by atoms with Gasteiger partial charge in [0, 0.05) is 38.3 Å². The zero-order valence-electron chi connectivity index (χ0n) is 24.8. The summed E-state index contributed by atoms with van der Waals surface area (Å²) in [6, 6.07) is 0. The van der Waals surface area contributed by atoms with E-state index in [1.165, 1.54) is 0 Å². The predicted molar refractivity (Wildman–Crippen MR) is 149 cm³/mol. The minimum Gasteiger partial charge on any atom is -0.379 e. The Bertz CT molecular complexity index is 604. The maximum Gasteiger partial charge on any atom is 0.222 e. The summed E-state index contributed by atoms with van der Waals surface area (Å²) in [5.74, 6) is 0.759. The summed E-state index contributed by atoms with van der Waals surface area (Å²) in [4.78, 5) is 34.8. The smallest absolute Gasteiger partial charge is 0.222 e. The Kier molecular flexibility index (Phi) is 26.8. The van der Waals surface area contributed by atoms with Crippen LogP contribution in [0.15, 0.2) is 0 Å². The Labute approximate surface area is 235 Å². The lowest BCUT2D eigenvalue weighted by Crippen LogP contribution is -2.27. The third-order valence-electron chi connectivity index (χ3n) is 5.42. The third-order valence-corrected chi connectivity index (χ3v) is 5.42. The molecule has 230 valence electrons. The van der Waals surface area contributed by atoms with Crippen molar-refractivity contribution in [3.63, 3.8) is 0 Å². The van der Waals surface area contributed by atoms with E-state index in [1.54, 1.807) is 0 Å². The molecule has 0 atom stereocenters. The van der Waals surface area contributed by atoms with E-state index in [0.29, 0.717) is 124 Å². The van der Waals surface area contributed by atoms with Crippen LogP contribution in [-0.4, -0.2) is 110 Å². The molecule has 0 rings (SSSR count). The number of hydrogen-bond donors (Lipinski definition) is 2. The van der Waals surface area contributed by atoms with Gasteiger partial charge in [-0.15, -0.1) is 0 Å². The van der Waals surface area contributed by atoms with Gasteiger partial charge in [0.2, 0.25) is 11.8 Å². The number of rotatable bonds is 29. The van der Waals surface area contributed by atoms with Gasteiger partial charge in [-0.3, -0.25) is 14.4 Å². The quantitative estimate of drug-likeness (QED) is 0.132. The highest BCUT2D eigenvalue weighted by Gasteiger charge is 2.08. The van der Waals surface area contributed by atoms with Crippen LogP contribution in [0, 0.1) is 11.8 Å². The van der Waals surface area contributed by atoms with Crippen LogP contribution in [0.1, 0.15) is 59.8 Å². The second kappa shape index (κ2) is 27.9. The Hall–Kier alpha value is -1.63. The summed E-state index contributed by atoms with van der Waals surface area (Å²) in [6.45, 7) is 14.6. The molecule has 0 radical (unpaired) electrons. The minimum absolute atomic E-state index is 0.0201. The number of ether oxygens (including phenoxy) is 6. The number of carbonyl (C=O) groups is 3. The van der Waals surface area contributed by atoms with Gasteiger partial charge in [-0.2, -0.15) is 0 Å². The van der Waals surface area contributed by atoms with E-state index in [0.717, 1.165) is 6.42 Å². The molecule has 0 bridgehead atoms. The van der Waals surface area contributed by atoms with Gasteiger partial charge in [0.1, 0.15) is 5.78 Å². The monoisotopic (exact) mass is 562 g/mol. The third kappa shape index (κ3) is 29.2. The van der Waals surface area contributed by atoms with E-state index in [9.17, 15) is 14.4 Å². The molecule has 0 fully saturated rings. The van der Waals surface area contributed by atoms with Gasteiger partial charge in [-0.1, -0.05) is 27.7 Å². The second-order valence-electron chi connectivity index (χ2n) is 9.78. The molecule has 0 saturated heterocycles. The number of Topliss-reactive ketones (excluding diaryl/α,β-unsaturated/α-hetero) is 1. The second-order valence-corrected chi connectivity index (χ2v) is 9.78. The molecule has 0 aliphatic rings. The first kappa shape index (κ1) is 37.4. The molecule has 11 nitrogen and oxygen atoms in total. The Morgan fingerprint density at radius 3 is 1.38 bits per heavy atom. The van der Waals surface area contributed by atoms with Gasteiger partial charge in [0.15, 0.2) is 0 Å². The molecular weight excluding hydrogens is 508 g/mol. The predicted octanol–water partition coefficient (Wildman–Crippen LogP) is 2.15. The van der Waals surface area contributed by atoms with Crippen molar-refractivity contribution in [1.29, 1.82) is 0 Å². The van der Waals surface area contributed by atoms with E-state index in [2.05, 4.69) is 24.5 Å². The molecule has 11 heteroatoms. The Morgan fingerprint density at radius 2 is 0.923 bits per heavy atom. The largest absolute Gasteiger partial charge is 0.379 e. The first-order valence-corrected chi connectivity index (χ1v) is 14.4. The van der Waals surface area contributed by atoms with Gasteiger partial charge >= 0.3 is 0 Å². The average molecular weight is 563 g/mol. The molecule has 0 aromatic heterocycles. The summed E-state index contributed by atoms with van der Waals surface area (Å²) >= 11 is 0. The van der Waals surface area contributed by atoms with E-state index in [4.69, 9.17) is 28.4 Å². The van der Waals surface area contributed by atoms with E-state index in [-0.39, 0.29) is 23.5 Å². The average Bonchev–Trinajstić information content (AvgIpc) is 2.89. The molecule has 0 heterocycles. The minimum atomic E-state index is -0.0590. The SMILES string of the molecule is CC(C)CCNC(=O)CCOCCOCCOCCOCCOCCOCCNC(=O)CCCC(=O)C(C)C. The van der Waals surface area contributed by atoms with Crippen molar-refractivity contribution >= 4 is 17.6 Å². The maximum atomic E-state index is 11.7. The molecule has 0 spiro atoms. The topological polar surface area (TPSA) is 131 Å². The molecule has 0 aliphatic heterocycles. The van der Waals surface area contributed by atoms with Crippen molar-refractivity contribution in [2.45, 2.75) is 59.8 Å². The highest BCUT2D eigenvalue weighted by Crippen LogP contribution is 2.04. The molecule has 0 aromatic carbocycles. The first-order chi connectivity index (χ1) is 18.8. The van der Waals surface area contributed by atoms with Gasteiger partial charge in [0.25, 0.3) is 0 Å². The summed E-state index contributed by atoms with van der Waals surface area (Å²) in [6.07, 6.45) is 2.74. The number of hydrogen-bond acceptors (Lipinski definition) is 9. The molecule has 0 aromatic rings. The van der Waals surface area contributed by atoms with Crippen molar-refractivity contribution < 1.29 is 42.8 Å². The van der Waals surface area contributed by atoms with Crippen molar-refractivity contribution in [3.8, 4) is 0 Å². The van der Waals surface area contributed by atoms with Crippen LogP contribution in [0.4, 0.5) is 0 Å². The van der Waals surface area contributed by atoms with Crippen molar-refractivity contribution in [1.82, 2.24) is 10.6 Å². The van der Waals surface area contributed by atoms with Gasteiger partial charge in [0.05, 0.1) is 79.3 Å². The van der Waals surface area contributed by atoms with Crippen LogP contribution in [0.3, 0.4) is 0 Å². The molecule has 2 N–H and O–H groups in total. The Morgan fingerprint density at radius 1 is 0.513 bits per heavy atom. The van der Waals surface area contributed by atoms with Crippen molar-refractivity contribution in [2.24, 2.45) is 11.8 Å². The van der Waals surface area contributed by atoms with Crippen molar-refractivity contribution in [3.05, 3.63) is 0 Å². The van der Waals surface area contributed by atoms with Crippen LogP contribution in [-0.2, 0) is 42.8 Å². The lowest BCUT2D eigenvalue weighted by atomic mass is 10.0. The molecule has 0 saturated carbocycles. The zero-order chi connectivity index (χ0) is 29.0. The lowest BCUT2D eigenvalue weighted by molar-refractivity contribution is -0.123. The molecule has 39 heavy (non-hydrogen) atoms. The summed E-state index contributed by atoms with van der Waals surface area (Å²) in [7, 11) is 0. The number of amides is 2. The molecule has 2 amide bonds. The van der Waals surface area contributed by atoms with Gasteiger partial charge in [-0.25, -0.2) is 0 Å². The van der Waals surface area contributed by atoms with Crippen LogP contribution in [0.2, 0.25) is 0 Å². The zero-order valence-corrected chi connectivity index (χ0v) is 24.8. The Balaban J connectivity index is 3.20. The molecular formula is C28H54N2O9. The fourth-order valence-electron chi connectivity index (χ4n) is 3.02. The van der Waals surface area contributed by atoms with Crippen molar-refractivity contribution in [2.75, 3.05) is 92.4 Å².